The highest BCUT2D eigenvalue weighted by Crippen LogP contribution is 2.37. The molecule has 0 spiro atoms. The molecule has 0 amide bonds. The van der Waals surface area contributed by atoms with Crippen LogP contribution in [-0.4, -0.2) is 27.7 Å². The summed E-state index contributed by atoms with van der Waals surface area (Å²) in [4.78, 5) is 31.0. The number of halogens is 1. The molecule has 152 valence electrons. The van der Waals surface area contributed by atoms with E-state index in [1.165, 1.54) is 18.7 Å². The van der Waals surface area contributed by atoms with Crippen LogP contribution in [0.15, 0.2) is 52.3 Å². The van der Waals surface area contributed by atoms with Gasteiger partial charge in [0.05, 0.1) is 6.61 Å². The summed E-state index contributed by atoms with van der Waals surface area (Å²) in [6.07, 6.45) is 0.987. The van der Waals surface area contributed by atoms with Gasteiger partial charge in [-0.3, -0.25) is 9.32 Å². The molecule has 2 aromatic carbocycles. The van der Waals surface area contributed by atoms with E-state index in [-0.39, 0.29) is 12.4 Å². The predicted octanol–water partition coefficient (Wildman–Crippen LogP) is 4.45. The van der Waals surface area contributed by atoms with Gasteiger partial charge in [-0.2, -0.15) is 0 Å². The Bertz CT molecular complexity index is 900. The van der Waals surface area contributed by atoms with Crippen LogP contribution in [0, 0.1) is 0 Å². The fraction of sp³-hybridized carbons (Fsp3) is 0.316. The van der Waals surface area contributed by atoms with Gasteiger partial charge >= 0.3 is 7.82 Å². The number of carbonyl (C=O) groups excluding carboxylic acids is 1. The summed E-state index contributed by atoms with van der Waals surface area (Å²) in [5.41, 5.74) is 6.70. The van der Waals surface area contributed by atoms with E-state index in [9.17, 15) is 9.36 Å². The van der Waals surface area contributed by atoms with Crippen molar-refractivity contribution >= 4 is 37.0 Å². The van der Waals surface area contributed by atoms with Gasteiger partial charge < -0.3 is 15.5 Å². The molecule has 0 saturated heterocycles. The number of hydrogen-bond donors (Lipinski definition) is 3. The summed E-state index contributed by atoms with van der Waals surface area (Å²) in [7, 11) is -4.55. The SMILES string of the molecule is CC(=O)c1cccc(Sc2ccc(CC[C@](C)(N)COP(=O)(O)O)c(Cl)c2)c1. The molecule has 0 aromatic heterocycles. The first-order valence-corrected chi connectivity index (χ1v) is 11.2. The molecule has 6 nitrogen and oxygen atoms in total. The third-order valence-electron chi connectivity index (χ3n) is 4.03. The Kier molecular flexibility index (Phi) is 7.88. The number of nitrogens with two attached hydrogens (primary N) is 1. The van der Waals surface area contributed by atoms with Crippen molar-refractivity contribution in [3.63, 3.8) is 0 Å². The lowest BCUT2D eigenvalue weighted by Crippen LogP contribution is -2.41. The van der Waals surface area contributed by atoms with Crippen molar-refractivity contribution in [2.75, 3.05) is 6.61 Å². The van der Waals surface area contributed by atoms with Gasteiger partial charge in [-0.25, -0.2) is 4.57 Å². The summed E-state index contributed by atoms with van der Waals surface area (Å²) in [5, 5.41) is 0.583. The lowest BCUT2D eigenvalue weighted by atomic mass is 9.95. The molecule has 2 aromatic rings. The second-order valence-corrected chi connectivity index (χ2v) is 9.65. The molecule has 9 heteroatoms. The average Bonchev–Trinajstić information content (AvgIpc) is 2.59. The highest BCUT2D eigenvalue weighted by atomic mass is 35.5. The standard InChI is InChI=1S/C19H23ClNO5PS/c1-13(22)15-4-3-5-16(10-15)28-17-7-6-14(18(20)11-17)8-9-19(2,21)12-26-27(23,24)25/h3-7,10-11H,8-9,12,21H2,1-2H3,(H2,23,24,25)/t19-/m0/s1. The van der Waals surface area contributed by atoms with Gasteiger partial charge in [0.15, 0.2) is 5.78 Å². The number of phosphoric ester groups is 1. The van der Waals surface area contributed by atoms with E-state index in [2.05, 4.69) is 4.52 Å². The quantitative estimate of drug-likeness (QED) is 0.388. The zero-order valence-corrected chi connectivity index (χ0v) is 18.1. The maximum Gasteiger partial charge on any atom is 0.469 e. The van der Waals surface area contributed by atoms with E-state index in [0.29, 0.717) is 23.4 Å². The minimum absolute atomic E-state index is 0.0170. The summed E-state index contributed by atoms with van der Waals surface area (Å²) >= 11 is 7.90. The fourth-order valence-corrected chi connectivity index (χ4v) is 4.15. The third-order valence-corrected chi connectivity index (χ3v) is 5.83. The van der Waals surface area contributed by atoms with Gasteiger partial charge in [0.2, 0.25) is 0 Å². The van der Waals surface area contributed by atoms with E-state index < -0.39 is 13.4 Å². The molecule has 1 atom stereocenters. The molecule has 0 radical (unpaired) electrons. The van der Waals surface area contributed by atoms with Crippen LogP contribution >= 0.6 is 31.2 Å². The number of benzene rings is 2. The normalized spacial score (nSPS) is 13.9. The molecular formula is C19H23ClNO5PS. The average molecular weight is 444 g/mol. The molecule has 2 rings (SSSR count). The third kappa shape index (κ3) is 7.68. The smallest absolute Gasteiger partial charge is 0.323 e. The number of aryl methyl sites for hydroxylation is 1. The Labute approximate surface area is 173 Å². The molecule has 0 aliphatic carbocycles. The van der Waals surface area contributed by atoms with E-state index in [1.54, 1.807) is 13.0 Å². The maximum absolute atomic E-state index is 11.5. The van der Waals surface area contributed by atoms with Gasteiger partial charge in [0.25, 0.3) is 0 Å². The van der Waals surface area contributed by atoms with E-state index in [0.717, 1.165) is 15.4 Å². The van der Waals surface area contributed by atoms with E-state index >= 15 is 0 Å². The molecule has 0 heterocycles. The van der Waals surface area contributed by atoms with Crippen molar-refractivity contribution in [2.24, 2.45) is 5.73 Å². The first-order valence-electron chi connectivity index (χ1n) is 8.51. The van der Waals surface area contributed by atoms with Crippen LogP contribution < -0.4 is 5.73 Å². The summed E-state index contributed by atoms with van der Waals surface area (Å²) in [6.45, 7) is 2.95. The number of hydrogen-bond acceptors (Lipinski definition) is 5. The molecule has 28 heavy (non-hydrogen) atoms. The number of rotatable bonds is 9. The van der Waals surface area contributed by atoms with Crippen LogP contribution in [0.4, 0.5) is 0 Å². The van der Waals surface area contributed by atoms with Gasteiger partial charge in [-0.15, -0.1) is 0 Å². The van der Waals surface area contributed by atoms with Crippen molar-refractivity contribution in [3.8, 4) is 0 Å². The Morgan fingerprint density at radius 3 is 2.54 bits per heavy atom. The van der Waals surface area contributed by atoms with Crippen molar-refractivity contribution in [1.29, 1.82) is 0 Å². The summed E-state index contributed by atoms with van der Waals surface area (Å²) in [6, 6.07) is 13.1. The van der Waals surface area contributed by atoms with E-state index in [4.69, 9.17) is 27.1 Å². The Morgan fingerprint density at radius 2 is 1.93 bits per heavy atom. The van der Waals surface area contributed by atoms with Crippen LogP contribution in [0.2, 0.25) is 5.02 Å². The Morgan fingerprint density at radius 1 is 1.25 bits per heavy atom. The van der Waals surface area contributed by atoms with Crippen LogP contribution in [-0.2, 0) is 15.5 Å². The van der Waals surface area contributed by atoms with Crippen LogP contribution in [0.5, 0.6) is 0 Å². The zero-order valence-electron chi connectivity index (χ0n) is 15.6. The topological polar surface area (TPSA) is 110 Å². The largest absolute Gasteiger partial charge is 0.469 e. The monoisotopic (exact) mass is 443 g/mol. The number of phosphoric acid groups is 1. The van der Waals surface area contributed by atoms with Crippen molar-refractivity contribution in [2.45, 2.75) is 42.0 Å². The van der Waals surface area contributed by atoms with Crippen molar-refractivity contribution in [3.05, 3.63) is 58.6 Å². The Balaban J connectivity index is 2.01. The van der Waals surface area contributed by atoms with Gasteiger partial charge in [-0.05, 0) is 56.5 Å². The molecule has 0 fully saturated rings. The van der Waals surface area contributed by atoms with Crippen LogP contribution in [0.3, 0.4) is 0 Å². The molecular weight excluding hydrogens is 421 g/mol. The molecule has 0 unspecified atom stereocenters. The minimum atomic E-state index is -4.55. The van der Waals surface area contributed by atoms with Crippen molar-refractivity contribution in [1.82, 2.24) is 0 Å². The van der Waals surface area contributed by atoms with Gasteiger partial charge in [-0.1, -0.05) is 41.6 Å². The van der Waals surface area contributed by atoms with E-state index in [1.807, 2.05) is 36.4 Å². The second kappa shape index (κ2) is 9.55. The van der Waals surface area contributed by atoms with Crippen LogP contribution in [0.25, 0.3) is 0 Å². The molecule has 4 N–H and O–H groups in total. The highest BCUT2D eigenvalue weighted by molar-refractivity contribution is 7.99. The molecule has 0 saturated carbocycles. The molecule has 0 aliphatic heterocycles. The first kappa shape index (κ1) is 23.1. The maximum atomic E-state index is 11.5. The van der Waals surface area contributed by atoms with Crippen LogP contribution in [0.1, 0.15) is 36.2 Å². The predicted molar refractivity (Wildman–Crippen MR) is 111 cm³/mol. The van der Waals surface area contributed by atoms with Gasteiger partial charge in [0, 0.05) is 25.9 Å². The lowest BCUT2D eigenvalue weighted by molar-refractivity contribution is 0.101. The second-order valence-electron chi connectivity index (χ2n) is 6.86. The lowest BCUT2D eigenvalue weighted by Gasteiger charge is -2.24. The molecule has 0 aliphatic rings. The highest BCUT2D eigenvalue weighted by Gasteiger charge is 2.24. The number of carbonyl (C=O) groups is 1. The number of ketones is 1. The first-order chi connectivity index (χ1) is 13.0. The summed E-state index contributed by atoms with van der Waals surface area (Å²) in [5.74, 6) is 0.0170. The fourth-order valence-electron chi connectivity index (χ4n) is 2.43. The Hall–Kier alpha value is -1.18. The van der Waals surface area contributed by atoms with Gasteiger partial charge in [0.1, 0.15) is 0 Å². The summed E-state index contributed by atoms with van der Waals surface area (Å²) < 4.78 is 15.3. The zero-order chi connectivity index (χ0) is 20.9. The number of Topliss-reactive ketones (excluding diaryl/α,β-unsaturated/α-hetero) is 1. The minimum Gasteiger partial charge on any atom is -0.323 e. The van der Waals surface area contributed by atoms with Crippen molar-refractivity contribution < 1.29 is 23.7 Å². The molecule has 0 bridgehead atoms.